The Labute approximate surface area is 163 Å². The van der Waals surface area contributed by atoms with E-state index in [1.807, 2.05) is 17.5 Å². The number of rotatable bonds is 4. The van der Waals surface area contributed by atoms with Crippen molar-refractivity contribution in [3.8, 4) is 11.8 Å². The molecule has 0 unspecified atom stereocenters. The third kappa shape index (κ3) is 3.16. The summed E-state index contributed by atoms with van der Waals surface area (Å²) in [4.78, 5) is 21.8. The molecule has 0 radical (unpaired) electrons. The number of nitriles is 1. The minimum absolute atomic E-state index is 0.199. The summed E-state index contributed by atoms with van der Waals surface area (Å²) >= 11 is 7.57. The molecule has 0 aliphatic carbocycles. The molecule has 0 bridgehead atoms. The average molecular weight is 394 g/mol. The first-order valence-corrected chi connectivity index (χ1v) is 9.28. The van der Waals surface area contributed by atoms with E-state index in [2.05, 4.69) is 21.4 Å². The van der Waals surface area contributed by atoms with Crippen molar-refractivity contribution in [2.45, 2.75) is 6.54 Å². The smallest absolute Gasteiger partial charge is 0.276 e. The number of thiophene rings is 1. The zero-order valence-corrected chi connectivity index (χ0v) is 15.5. The highest BCUT2D eigenvalue weighted by atomic mass is 35.5. The van der Waals surface area contributed by atoms with Gasteiger partial charge in [0.2, 0.25) is 0 Å². The van der Waals surface area contributed by atoms with E-state index in [1.165, 1.54) is 15.9 Å². The molecule has 0 saturated carbocycles. The summed E-state index contributed by atoms with van der Waals surface area (Å²) in [7, 11) is 0. The second-order valence-corrected chi connectivity index (χ2v) is 6.90. The number of hydrogen-bond donors (Lipinski definition) is 1. The molecule has 27 heavy (non-hydrogen) atoms. The highest BCUT2D eigenvalue weighted by Gasteiger charge is 2.16. The predicted molar refractivity (Wildman–Crippen MR) is 107 cm³/mol. The number of hydrogen-bond acceptors (Lipinski definition) is 6. The SMILES string of the molecule is N#Cc1ccccc1NCc1nc2ccsc2c(=O)n1-c1cccnc1Cl. The second kappa shape index (κ2) is 7.19. The van der Waals surface area contributed by atoms with Gasteiger partial charge in [0.15, 0.2) is 5.15 Å². The van der Waals surface area contributed by atoms with Gasteiger partial charge in [0.1, 0.15) is 16.6 Å². The van der Waals surface area contributed by atoms with Crippen LogP contribution in [0.5, 0.6) is 0 Å². The Bertz CT molecular complexity index is 1240. The lowest BCUT2D eigenvalue weighted by Crippen LogP contribution is -2.25. The molecule has 0 atom stereocenters. The fraction of sp³-hybridized carbons (Fsp3) is 0.0526. The first-order chi connectivity index (χ1) is 13.2. The van der Waals surface area contributed by atoms with Gasteiger partial charge < -0.3 is 5.32 Å². The van der Waals surface area contributed by atoms with Crippen molar-refractivity contribution in [3.05, 3.63) is 80.9 Å². The molecule has 1 N–H and O–H groups in total. The van der Waals surface area contributed by atoms with Gasteiger partial charge in [-0.15, -0.1) is 11.3 Å². The number of halogens is 1. The van der Waals surface area contributed by atoms with Gasteiger partial charge in [-0.3, -0.25) is 9.36 Å². The lowest BCUT2D eigenvalue weighted by molar-refractivity contribution is 0.837. The maximum absolute atomic E-state index is 13.1. The highest BCUT2D eigenvalue weighted by molar-refractivity contribution is 7.17. The van der Waals surface area contributed by atoms with Gasteiger partial charge in [-0.05, 0) is 35.7 Å². The maximum Gasteiger partial charge on any atom is 0.276 e. The van der Waals surface area contributed by atoms with Crippen molar-refractivity contribution in [2.75, 3.05) is 5.32 Å². The summed E-state index contributed by atoms with van der Waals surface area (Å²) in [6.45, 7) is 0.241. The van der Waals surface area contributed by atoms with Gasteiger partial charge >= 0.3 is 0 Å². The van der Waals surface area contributed by atoms with Crippen LogP contribution in [-0.4, -0.2) is 14.5 Å². The van der Waals surface area contributed by atoms with Gasteiger partial charge in [0.25, 0.3) is 5.56 Å². The number of benzene rings is 1. The van der Waals surface area contributed by atoms with Crippen LogP contribution >= 0.6 is 22.9 Å². The standard InChI is InChI=1S/C19H12ClN5OS/c20-18-15(6-3-8-22-18)25-16(24-14-7-9-27-17(14)19(25)26)11-23-13-5-2-1-4-12(13)10-21/h1-9,23H,11H2. The summed E-state index contributed by atoms with van der Waals surface area (Å²) < 4.78 is 2.02. The van der Waals surface area contributed by atoms with Crippen LogP contribution in [0.1, 0.15) is 11.4 Å². The molecular formula is C19H12ClN5OS. The third-order valence-corrected chi connectivity index (χ3v) is 5.20. The van der Waals surface area contributed by atoms with Crippen molar-refractivity contribution in [1.82, 2.24) is 14.5 Å². The fourth-order valence-corrected chi connectivity index (χ4v) is 3.74. The fourth-order valence-electron chi connectivity index (χ4n) is 2.78. The van der Waals surface area contributed by atoms with Crippen LogP contribution in [0.25, 0.3) is 15.9 Å². The zero-order chi connectivity index (χ0) is 18.8. The predicted octanol–water partition coefficient (Wildman–Crippen LogP) is 3.98. The van der Waals surface area contributed by atoms with Crippen molar-refractivity contribution in [2.24, 2.45) is 0 Å². The number of fused-ring (bicyclic) bond motifs is 1. The van der Waals surface area contributed by atoms with E-state index in [-0.39, 0.29) is 17.3 Å². The van der Waals surface area contributed by atoms with Crippen molar-refractivity contribution < 1.29 is 0 Å². The lowest BCUT2D eigenvalue weighted by atomic mass is 10.2. The summed E-state index contributed by atoms with van der Waals surface area (Å²) in [5, 5.41) is 14.5. The largest absolute Gasteiger partial charge is 0.377 e. The number of para-hydroxylation sites is 1. The quantitative estimate of drug-likeness (QED) is 0.530. The topological polar surface area (TPSA) is 83.6 Å². The van der Waals surface area contributed by atoms with Crippen molar-refractivity contribution in [1.29, 1.82) is 5.26 Å². The molecule has 132 valence electrons. The van der Waals surface area contributed by atoms with Gasteiger partial charge in [0, 0.05) is 6.20 Å². The molecule has 0 fully saturated rings. The number of aromatic nitrogens is 3. The van der Waals surface area contributed by atoms with Gasteiger partial charge in [0.05, 0.1) is 29.0 Å². The van der Waals surface area contributed by atoms with Crippen LogP contribution < -0.4 is 10.9 Å². The Hall–Kier alpha value is -3.21. The Morgan fingerprint density at radius 1 is 1.22 bits per heavy atom. The Morgan fingerprint density at radius 3 is 2.89 bits per heavy atom. The van der Waals surface area contributed by atoms with E-state index < -0.39 is 0 Å². The van der Waals surface area contributed by atoms with Crippen LogP contribution in [0.4, 0.5) is 5.69 Å². The number of nitrogens with one attached hydrogen (secondary N) is 1. The number of anilines is 1. The van der Waals surface area contributed by atoms with Gasteiger partial charge in [-0.25, -0.2) is 9.97 Å². The molecular weight excluding hydrogens is 382 g/mol. The monoisotopic (exact) mass is 393 g/mol. The lowest BCUT2D eigenvalue weighted by Gasteiger charge is -2.14. The van der Waals surface area contributed by atoms with Crippen LogP contribution in [0.3, 0.4) is 0 Å². The normalized spacial score (nSPS) is 10.7. The first-order valence-electron chi connectivity index (χ1n) is 8.02. The van der Waals surface area contributed by atoms with E-state index in [0.29, 0.717) is 33.0 Å². The molecule has 0 spiro atoms. The Kier molecular flexibility index (Phi) is 4.59. The van der Waals surface area contributed by atoms with E-state index in [0.717, 1.165) is 0 Å². The van der Waals surface area contributed by atoms with E-state index in [4.69, 9.17) is 11.6 Å². The molecule has 0 saturated heterocycles. The van der Waals surface area contributed by atoms with Crippen LogP contribution in [0.15, 0.2) is 58.8 Å². The summed E-state index contributed by atoms with van der Waals surface area (Å²) in [6, 6.07) is 14.6. The number of nitrogens with zero attached hydrogens (tertiary/aromatic N) is 4. The van der Waals surface area contributed by atoms with Crippen molar-refractivity contribution in [3.63, 3.8) is 0 Å². The van der Waals surface area contributed by atoms with E-state index >= 15 is 0 Å². The third-order valence-electron chi connectivity index (χ3n) is 4.01. The minimum Gasteiger partial charge on any atom is -0.377 e. The molecule has 0 aliphatic rings. The summed E-state index contributed by atoms with van der Waals surface area (Å²) in [5.41, 5.74) is 2.09. The Balaban J connectivity index is 1.85. The van der Waals surface area contributed by atoms with Crippen molar-refractivity contribution >= 4 is 38.8 Å². The Morgan fingerprint density at radius 2 is 2.07 bits per heavy atom. The molecule has 6 nitrogen and oxygen atoms in total. The molecule has 0 amide bonds. The summed E-state index contributed by atoms with van der Waals surface area (Å²) in [6.07, 6.45) is 1.56. The molecule has 4 aromatic rings. The van der Waals surface area contributed by atoms with Crippen LogP contribution in [-0.2, 0) is 6.54 Å². The van der Waals surface area contributed by atoms with Crippen LogP contribution in [0, 0.1) is 11.3 Å². The second-order valence-electron chi connectivity index (χ2n) is 5.63. The summed E-state index contributed by atoms with van der Waals surface area (Å²) in [5.74, 6) is 0.480. The minimum atomic E-state index is -0.199. The molecule has 4 rings (SSSR count). The molecule has 3 aromatic heterocycles. The molecule has 8 heteroatoms. The van der Waals surface area contributed by atoms with E-state index in [9.17, 15) is 10.1 Å². The number of pyridine rings is 1. The van der Waals surface area contributed by atoms with Gasteiger partial charge in [-0.1, -0.05) is 23.7 Å². The average Bonchev–Trinajstić information content (AvgIpc) is 3.16. The van der Waals surface area contributed by atoms with Gasteiger partial charge in [-0.2, -0.15) is 5.26 Å². The van der Waals surface area contributed by atoms with E-state index in [1.54, 1.807) is 36.5 Å². The molecule has 1 aromatic carbocycles. The highest BCUT2D eigenvalue weighted by Crippen LogP contribution is 2.22. The first kappa shape index (κ1) is 17.2. The maximum atomic E-state index is 13.1. The molecule has 3 heterocycles. The molecule has 0 aliphatic heterocycles. The zero-order valence-electron chi connectivity index (χ0n) is 13.9. The van der Waals surface area contributed by atoms with Crippen LogP contribution in [0.2, 0.25) is 5.15 Å².